The van der Waals surface area contributed by atoms with Crippen LogP contribution in [0.25, 0.3) is 20.7 Å². The molecule has 0 aliphatic heterocycles. The fourth-order valence-corrected chi connectivity index (χ4v) is 3.33. The molecule has 3 rings (SSSR count). The number of thiophene rings is 1. The van der Waals surface area contributed by atoms with E-state index in [0.29, 0.717) is 6.54 Å². The third-order valence-corrected chi connectivity index (χ3v) is 4.71. The van der Waals surface area contributed by atoms with Gasteiger partial charge in [0.15, 0.2) is 0 Å². The Balaban J connectivity index is 1.99. The van der Waals surface area contributed by atoms with Gasteiger partial charge >= 0.3 is 0 Å². The molecule has 0 saturated heterocycles. The van der Waals surface area contributed by atoms with Gasteiger partial charge in [-0.1, -0.05) is 28.1 Å². The number of benzene rings is 1. The van der Waals surface area contributed by atoms with Crippen molar-refractivity contribution < 1.29 is 5.11 Å². The largest absolute Gasteiger partial charge is 0.392 e. The smallest absolute Gasteiger partial charge is 0.147 e. The molecule has 6 heteroatoms. The van der Waals surface area contributed by atoms with E-state index in [-0.39, 0.29) is 0 Å². The van der Waals surface area contributed by atoms with Crippen LogP contribution in [0.2, 0.25) is 0 Å². The highest BCUT2D eigenvalue weighted by Gasteiger charge is 2.10. The number of anilines is 1. The summed E-state index contributed by atoms with van der Waals surface area (Å²) in [4.78, 5) is 9.74. The molecule has 4 nitrogen and oxygen atoms in total. The van der Waals surface area contributed by atoms with Gasteiger partial charge < -0.3 is 10.4 Å². The fraction of sp³-hybridized carbons (Fsp3) is 0.200. The second-order valence-corrected chi connectivity index (χ2v) is 6.75. The third kappa shape index (κ3) is 3.23. The van der Waals surface area contributed by atoms with Crippen LogP contribution in [0.4, 0.5) is 5.82 Å². The number of rotatable bonds is 4. The number of aromatic nitrogens is 2. The van der Waals surface area contributed by atoms with Gasteiger partial charge in [-0.3, -0.25) is 0 Å². The maximum Gasteiger partial charge on any atom is 0.147 e. The van der Waals surface area contributed by atoms with Crippen LogP contribution in [-0.2, 0) is 0 Å². The summed E-state index contributed by atoms with van der Waals surface area (Å²) in [6, 6.07) is 10.3. The van der Waals surface area contributed by atoms with Gasteiger partial charge in [0.1, 0.15) is 12.1 Å². The molecule has 0 spiro atoms. The van der Waals surface area contributed by atoms with Gasteiger partial charge in [0.2, 0.25) is 0 Å². The minimum atomic E-state index is -0.416. The SMILES string of the molecule is CC(O)CNc1ncnc2cc(-c3ccc(Br)cc3)sc12. The molecular formula is C15H14BrN3OS. The number of nitrogens with zero attached hydrogens (tertiary/aromatic N) is 2. The zero-order valence-electron chi connectivity index (χ0n) is 11.4. The second-order valence-electron chi connectivity index (χ2n) is 4.78. The predicted molar refractivity (Wildman–Crippen MR) is 90.7 cm³/mol. The molecule has 0 bridgehead atoms. The van der Waals surface area contributed by atoms with Crippen molar-refractivity contribution in [3.63, 3.8) is 0 Å². The number of aliphatic hydroxyl groups is 1. The zero-order chi connectivity index (χ0) is 14.8. The molecule has 1 unspecified atom stereocenters. The summed E-state index contributed by atoms with van der Waals surface area (Å²) in [5.41, 5.74) is 2.07. The lowest BCUT2D eigenvalue weighted by atomic mass is 10.2. The van der Waals surface area contributed by atoms with Crippen molar-refractivity contribution in [3.05, 3.63) is 41.1 Å². The first kappa shape index (κ1) is 14.4. The van der Waals surface area contributed by atoms with Gasteiger partial charge in [-0.2, -0.15) is 0 Å². The van der Waals surface area contributed by atoms with Crippen LogP contribution in [0.3, 0.4) is 0 Å². The Morgan fingerprint density at radius 3 is 2.76 bits per heavy atom. The van der Waals surface area contributed by atoms with E-state index >= 15 is 0 Å². The third-order valence-electron chi connectivity index (χ3n) is 3.00. The van der Waals surface area contributed by atoms with Crippen LogP contribution in [0.5, 0.6) is 0 Å². The molecule has 0 saturated carbocycles. The zero-order valence-corrected chi connectivity index (χ0v) is 13.8. The van der Waals surface area contributed by atoms with Gasteiger partial charge in [0.25, 0.3) is 0 Å². The molecule has 0 radical (unpaired) electrons. The van der Waals surface area contributed by atoms with E-state index in [2.05, 4.69) is 49.4 Å². The lowest BCUT2D eigenvalue weighted by Gasteiger charge is -2.07. The van der Waals surface area contributed by atoms with E-state index in [9.17, 15) is 5.11 Å². The summed E-state index contributed by atoms with van der Waals surface area (Å²) >= 11 is 5.10. The van der Waals surface area contributed by atoms with Crippen LogP contribution in [0, 0.1) is 0 Å². The van der Waals surface area contributed by atoms with Gasteiger partial charge in [-0.05, 0) is 30.7 Å². The standard InChI is InChI=1S/C15H14BrN3OS/c1-9(20)7-17-15-14-12(18-8-19-15)6-13(21-14)10-2-4-11(16)5-3-10/h2-6,8-9,20H,7H2,1H3,(H,17,18,19). The Morgan fingerprint density at radius 2 is 2.05 bits per heavy atom. The van der Waals surface area contributed by atoms with E-state index in [1.165, 1.54) is 0 Å². The maximum atomic E-state index is 9.39. The molecule has 0 amide bonds. The highest BCUT2D eigenvalue weighted by Crippen LogP contribution is 2.35. The highest BCUT2D eigenvalue weighted by atomic mass is 79.9. The van der Waals surface area contributed by atoms with Crippen molar-refractivity contribution in [2.75, 3.05) is 11.9 Å². The Labute approximate surface area is 135 Å². The summed E-state index contributed by atoms with van der Waals surface area (Å²) in [7, 11) is 0. The molecule has 21 heavy (non-hydrogen) atoms. The van der Waals surface area contributed by atoms with Gasteiger partial charge in [-0.25, -0.2) is 9.97 Å². The monoisotopic (exact) mass is 363 g/mol. The first-order valence-corrected chi connectivity index (χ1v) is 8.17. The molecular weight excluding hydrogens is 350 g/mol. The normalized spacial score (nSPS) is 12.5. The predicted octanol–water partition coefficient (Wildman–Crippen LogP) is 3.91. The van der Waals surface area contributed by atoms with Crippen LogP contribution in [0.15, 0.2) is 41.1 Å². The number of hydrogen-bond acceptors (Lipinski definition) is 5. The Morgan fingerprint density at radius 1 is 1.29 bits per heavy atom. The number of nitrogens with one attached hydrogen (secondary N) is 1. The quantitative estimate of drug-likeness (QED) is 0.737. The molecule has 0 aliphatic carbocycles. The maximum absolute atomic E-state index is 9.39. The molecule has 3 aromatic rings. The second kappa shape index (κ2) is 6.09. The minimum absolute atomic E-state index is 0.416. The lowest BCUT2D eigenvalue weighted by Crippen LogP contribution is -2.16. The summed E-state index contributed by atoms with van der Waals surface area (Å²) in [6.45, 7) is 2.21. The molecule has 2 heterocycles. The van der Waals surface area contributed by atoms with E-state index < -0.39 is 6.10 Å². The molecule has 0 fully saturated rings. The summed E-state index contributed by atoms with van der Waals surface area (Å²) < 4.78 is 2.07. The number of hydrogen-bond donors (Lipinski definition) is 2. The molecule has 0 aliphatic rings. The van der Waals surface area contributed by atoms with Crippen molar-refractivity contribution in [2.24, 2.45) is 0 Å². The first-order chi connectivity index (χ1) is 10.1. The first-order valence-electron chi connectivity index (χ1n) is 6.56. The Bertz CT molecular complexity index is 755. The summed E-state index contributed by atoms with van der Waals surface area (Å²) in [5.74, 6) is 0.772. The van der Waals surface area contributed by atoms with Crippen molar-refractivity contribution in [2.45, 2.75) is 13.0 Å². The van der Waals surface area contributed by atoms with E-state index in [1.54, 1.807) is 24.6 Å². The number of halogens is 1. The summed E-state index contributed by atoms with van der Waals surface area (Å²) in [5, 5.41) is 12.6. The van der Waals surface area contributed by atoms with E-state index in [0.717, 1.165) is 30.9 Å². The van der Waals surface area contributed by atoms with Crippen molar-refractivity contribution in [1.82, 2.24) is 9.97 Å². The van der Waals surface area contributed by atoms with Crippen LogP contribution in [-0.4, -0.2) is 27.7 Å². The number of aliphatic hydroxyl groups excluding tert-OH is 1. The van der Waals surface area contributed by atoms with Crippen LogP contribution < -0.4 is 5.32 Å². The average Bonchev–Trinajstić information content (AvgIpc) is 2.90. The van der Waals surface area contributed by atoms with E-state index in [1.807, 2.05) is 12.1 Å². The fourth-order valence-electron chi connectivity index (χ4n) is 1.98. The van der Waals surface area contributed by atoms with Crippen LogP contribution in [0.1, 0.15) is 6.92 Å². The Kier molecular flexibility index (Phi) is 4.19. The molecule has 2 N–H and O–H groups in total. The lowest BCUT2D eigenvalue weighted by molar-refractivity contribution is 0.208. The molecule has 2 aromatic heterocycles. The topological polar surface area (TPSA) is 58.0 Å². The molecule has 1 aromatic carbocycles. The van der Waals surface area contributed by atoms with Gasteiger partial charge in [0, 0.05) is 15.9 Å². The van der Waals surface area contributed by atoms with Crippen molar-refractivity contribution in [3.8, 4) is 10.4 Å². The van der Waals surface area contributed by atoms with Gasteiger partial charge in [0.05, 0.1) is 16.3 Å². The summed E-state index contributed by atoms with van der Waals surface area (Å²) in [6.07, 6.45) is 1.13. The Hall–Kier alpha value is -1.50. The van der Waals surface area contributed by atoms with Crippen LogP contribution >= 0.6 is 27.3 Å². The van der Waals surface area contributed by atoms with Crippen molar-refractivity contribution in [1.29, 1.82) is 0 Å². The molecule has 108 valence electrons. The van der Waals surface area contributed by atoms with Gasteiger partial charge in [-0.15, -0.1) is 11.3 Å². The highest BCUT2D eigenvalue weighted by molar-refractivity contribution is 9.10. The minimum Gasteiger partial charge on any atom is -0.392 e. The van der Waals surface area contributed by atoms with Crippen molar-refractivity contribution >= 4 is 43.3 Å². The molecule has 1 atom stereocenters. The average molecular weight is 364 g/mol. The van der Waals surface area contributed by atoms with E-state index in [4.69, 9.17) is 0 Å². The number of fused-ring (bicyclic) bond motifs is 1.